The number of halogens is 1. The van der Waals surface area contributed by atoms with Crippen LogP contribution in [0.1, 0.15) is 11.8 Å². The van der Waals surface area contributed by atoms with Gasteiger partial charge < -0.3 is 10.1 Å². The number of allylic oxidation sites excluding steroid dienone is 1. The Morgan fingerprint density at radius 2 is 2.04 bits per heavy atom. The highest BCUT2D eigenvalue weighted by molar-refractivity contribution is 8.04. The molecule has 0 unspecified atom stereocenters. The van der Waals surface area contributed by atoms with E-state index >= 15 is 0 Å². The van der Waals surface area contributed by atoms with Crippen molar-refractivity contribution in [2.45, 2.75) is 13.3 Å². The molecule has 1 aliphatic heterocycles. The van der Waals surface area contributed by atoms with Crippen LogP contribution in [-0.2, 0) is 20.7 Å². The summed E-state index contributed by atoms with van der Waals surface area (Å²) in [5.41, 5.74) is 0.620. The second-order valence-electron chi connectivity index (χ2n) is 6.13. The summed E-state index contributed by atoms with van der Waals surface area (Å²) in [7, 11) is 0. The maximum absolute atomic E-state index is 13.1. The topological polar surface area (TPSA) is 58.6 Å². The van der Waals surface area contributed by atoms with Crippen molar-refractivity contribution in [2.75, 3.05) is 30.3 Å². The Morgan fingerprint density at radius 3 is 2.71 bits per heavy atom. The van der Waals surface area contributed by atoms with E-state index in [0.717, 1.165) is 6.42 Å². The van der Waals surface area contributed by atoms with Gasteiger partial charge in [-0.1, -0.05) is 17.7 Å². The number of carbonyl (C=O) groups excluding carboxylic acids is 2. The van der Waals surface area contributed by atoms with Crippen LogP contribution in [0.2, 0.25) is 5.02 Å². The number of amides is 2. The monoisotopic (exact) mass is 436 g/mol. The SMILES string of the molecule is CC1=C(C(=O)N(CC(=O)NCCc2cccs2)c2ccc(Cl)cc2)SCCO1. The molecule has 0 fully saturated rings. The summed E-state index contributed by atoms with van der Waals surface area (Å²) >= 11 is 9.09. The number of rotatable bonds is 7. The molecule has 1 aliphatic rings. The third-order valence-corrected chi connectivity index (χ3v) is 6.43. The van der Waals surface area contributed by atoms with E-state index in [4.69, 9.17) is 16.3 Å². The molecule has 0 aliphatic carbocycles. The molecule has 148 valence electrons. The third kappa shape index (κ3) is 5.53. The van der Waals surface area contributed by atoms with Crippen LogP contribution >= 0.6 is 34.7 Å². The van der Waals surface area contributed by atoms with Crippen molar-refractivity contribution in [3.8, 4) is 0 Å². The smallest absolute Gasteiger partial charge is 0.268 e. The van der Waals surface area contributed by atoms with Crippen LogP contribution in [0.15, 0.2) is 52.4 Å². The Kier molecular flexibility index (Phi) is 7.42. The van der Waals surface area contributed by atoms with Gasteiger partial charge in [-0.25, -0.2) is 0 Å². The summed E-state index contributed by atoms with van der Waals surface area (Å²) in [5.74, 6) is 0.857. The largest absolute Gasteiger partial charge is 0.496 e. The van der Waals surface area contributed by atoms with Gasteiger partial charge in [0.15, 0.2) is 0 Å². The Balaban J connectivity index is 1.71. The zero-order valence-electron chi connectivity index (χ0n) is 15.4. The quantitative estimate of drug-likeness (QED) is 0.710. The van der Waals surface area contributed by atoms with Crippen molar-refractivity contribution in [3.63, 3.8) is 0 Å². The molecule has 0 saturated heterocycles. The number of thioether (sulfide) groups is 1. The maximum Gasteiger partial charge on any atom is 0.268 e. The Labute approximate surface area is 177 Å². The maximum atomic E-state index is 13.1. The molecule has 0 atom stereocenters. The van der Waals surface area contributed by atoms with E-state index < -0.39 is 0 Å². The lowest BCUT2D eigenvalue weighted by atomic mass is 10.2. The fourth-order valence-corrected chi connectivity index (χ4v) is 4.42. The minimum Gasteiger partial charge on any atom is -0.496 e. The molecule has 28 heavy (non-hydrogen) atoms. The predicted octanol–water partition coefficient (Wildman–Crippen LogP) is 4.09. The second-order valence-corrected chi connectivity index (χ2v) is 8.70. The molecule has 2 amide bonds. The van der Waals surface area contributed by atoms with Crippen molar-refractivity contribution < 1.29 is 14.3 Å². The van der Waals surface area contributed by atoms with Gasteiger partial charge in [-0.15, -0.1) is 23.1 Å². The van der Waals surface area contributed by atoms with Gasteiger partial charge in [-0.2, -0.15) is 0 Å². The van der Waals surface area contributed by atoms with Crippen molar-refractivity contribution in [2.24, 2.45) is 0 Å². The second kappa shape index (κ2) is 10.0. The minimum absolute atomic E-state index is 0.0672. The molecule has 1 aromatic heterocycles. The highest BCUT2D eigenvalue weighted by Crippen LogP contribution is 2.29. The van der Waals surface area contributed by atoms with Crippen LogP contribution < -0.4 is 10.2 Å². The lowest BCUT2D eigenvalue weighted by molar-refractivity contribution is -0.122. The first-order chi connectivity index (χ1) is 13.5. The number of carbonyl (C=O) groups is 2. The van der Waals surface area contributed by atoms with Gasteiger partial charge in [0, 0.05) is 27.9 Å². The summed E-state index contributed by atoms with van der Waals surface area (Å²) in [6, 6.07) is 10.9. The van der Waals surface area contributed by atoms with Gasteiger partial charge in [0.2, 0.25) is 5.91 Å². The Bertz CT molecular complexity index is 851. The predicted molar refractivity (Wildman–Crippen MR) is 116 cm³/mol. The van der Waals surface area contributed by atoms with Crippen LogP contribution in [0, 0.1) is 0 Å². The molecule has 0 radical (unpaired) electrons. The lowest BCUT2D eigenvalue weighted by Crippen LogP contribution is -2.42. The number of thiophene rings is 1. The fraction of sp³-hybridized carbons (Fsp3) is 0.300. The Morgan fingerprint density at radius 1 is 1.25 bits per heavy atom. The summed E-state index contributed by atoms with van der Waals surface area (Å²) in [5, 5.41) is 5.48. The number of nitrogens with zero attached hydrogens (tertiary/aromatic N) is 1. The number of nitrogens with one attached hydrogen (secondary N) is 1. The zero-order valence-corrected chi connectivity index (χ0v) is 17.8. The van der Waals surface area contributed by atoms with Crippen LogP contribution in [0.4, 0.5) is 5.69 Å². The van der Waals surface area contributed by atoms with Crippen molar-refractivity contribution in [1.82, 2.24) is 5.32 Å². The van der Waals surface area contributed by atoms with Gasteiger partial charge >= 0.3 is 0 Å². The Hall–Kier alpha value is -1.96. The molecule has 8 heteroatoms. The molecular weight excluding hydrogens is 416 g/mol. The first-order valence-electron chi connectivity index (χ1n) is 8.87. The first-order valence-corrected chi connectivity index (χ1v) is 11.1. The fourth-order valence-electron chi connectivity index (χ4n) is 2.72. The van der Waals surface area contributed by atoms with E-state index in [1.165, 1.54) is 21.5 Å². The molecule has 5 nitrogen and oxygen atoms in total. The first kappa shape index (κ1) is 20.8. The van der Waals surface area contributed by atoms with Crippen LogP contribution in [0.25, 0.3) is 0 Å². The van der Waals surface area contributed by atoms with Gasteiger partial charge in [0.05, 0.1) is 6.61 Å². The molecule has 0 bridgehead atoms. The third-order valence-electron chi connectivity index (χ3n) is 4.12. The number of anilines is 1. The van der Waals surface area contributed by atoms with Gasteiger partial charge in [0.25, 0.3) is 5.91 Å². The van der Waals surface area contributed by atoms with Crippen LogP contribution in [-0.4, -0.2) is 37.3 Å². The number of ether oxygens (including phenoxy) is 1. The van der Waals surface area contributed by atoms with E-state index in [0.29, 0.717) is 40.3 Å². The molecule has 0 spiro atoms. The normalized spacial score (nSPS) is 13.8. The summed E-state index contributed by atoms with van der Waals surface area (Å²) in [6.07, 6.45) is 0.770. The zero-order chi connectivity index (χ0) is 19.9. The van der Waals surface area contributed by atoms with E-state index in [-0.39, 0.29) is 18.4 Å². The summed E-state index contributed by atoms with van der Waals surface area (Å²) in [6.45, 7) is 2.82. The van der Waals surface area contributed by atoms with Gasteiger partial charge in [-0.05, 0) is 49.1 Å². The van der Waals surface area contributed by atoms with E-state index in [1.54, 1.807) is 42.5 Å². The average Bonchev–Trinajstić information content (AvgIpc) is 3.20. The van der Waals surface area contributed by atoms with E-state index in [1.807, 2.05) is 17.5 Å². The standard InChI is InChI=1S/C20H21ClN2O3S2/c1-14-19(28-12-10-26-14)20(25)23(16-6-4-15(21)5-7-16)13-18(24)22-9-8-17-3-2-11-27-17/h2-7,11H,8-10,12-13H2,1H3,(H,22,24). The number of benzene rings is 1. The average molecular weight is 437 g/mol. The number of hydrogen-bond donors (Lipinski definition) is 1. The highest BCUT2D eigenvalue weighted by Gasteiger charge is 2.27. The van der Waals surface area contributed by atoms with Crippen molar-refractivity contribution in [3.05, 3.63) is 62.3 Å². The van der Waals surface area contributed by atoms with E-state index in [9.17, 15) is 9.59 Å². The molecule has 1 N–H and O–H groups in total. The van der Waals surface area contributed by atoms with Gasteiger partial charge in [0.1, 0.15) is 17.2 Å². The molecule has 2 heterocycles. The van der Waals surface area contributed by atoms with Crippen LogP contribution in [0.3, 0.4) is 0 Å². The molecule has 3 rings (SSSR count). The number of hydrogen-bond acceptors (Lipinski definition) is 5. The molecular formula is C20H21ClN2O3S2. The van der Waals surface area contributed by atoms with Crippen molar-refractivity contribution in [1.29, 1.82) is 0 Å². The highest BCUT2D eigenvalue weighted by atomic mass is 35.5. The van der Waals surface area contributed by atoms with Crippen LogP contribution in [0.5, 0.6) is 0 Å². The van der Waals surface area contributed by atoms with E-state index in [2.05, 4.69) is 5.32 Å². The lowest BCUT2D eigenvalue weighted by Gasteiger charge is -2.26. The van der Waals surface area contributed by atoms with Crippen molar-refractivity contribution >= 4 is 52.2 Å². The summed E-state index contributed by atoms with van der Waals surface area (Å²) < 4.78 is 5.52. The molecule has 0 saturated carbocycles. The van der Waals surface area contributed by atoms with Gasteiger partial charge in [-0.3, -0.25) is 14.5 Å². The summed E-state index contributed by atoms with van der Waals surface area (Å²) in [4.78, 5) is 28.9. The molecule has 2 aromatic rings. The molecule has 1 aromatic carbocycles. The minimum atomic E-state index is -0.238.